The average molecular weight is 330 g/mol. The number of fused-ring (bicyclic) bond motifs is 2. The minimum atomic E-state index is -0.241. The molecule has 0 saturated heterocycles. The molecule has 0 atom stereocenters. The predicted molar refractivity (Wildman–Crippen MR) is 88.1 cm³/mol. The summed E-state index contributed by atoms with van der Waals surface area (Å²) < 4.78 is 10.7. The number of hydrogen-bond acceptors (Lipinski definition) is 5. The highest BCUT2D eigenvalue weighted by Crippen LogP contribution is 2.32. The highest BCUT2D eigenvalue weighted by atomic mass is 32.1. The summed E-state index contributed by atoms with van der Waals surface area (Å²) in [5.74, 6) is 0.467. The molecule has 0 fully saturated rings. The van der Waals surface area contributed by atoms with Crippen LogP contribution in [0.25, 0.3) is 0 Å². The first-order valence-corrected chi connectivity index (χ1v) is 8.53. The van der Waals surface area contributed by atoms with Gasteiger partial charge in [0.05, 0.1) is 17.0 Å². The molecule has 0 amide bonds. The van der Waals surface area contributed by atoms with E-state index >= 15 is 0 Å². The molecule has 0 spiro atoms. The van der Waals surface area contributed by atoms with Crippen LogP contribution in [-0.4, -0.2) is 18.4 Å². The summed E-state index contributed by atoms with van der Waals surface area (Å²) in [6, 6.07) is 7.73. The molecule has 0 aliphatic carbocycles. The predicted octanol–water partition coefficient (Wildman–Crippen LogP) is 3.76. The molecule has 1 aliphatic heterocycles. The van der Waals surface area contributed by atoms with Gasteiger partial charge in [-0.15, -0.1) is 11.3 Å². The van der Waals surface area contributed by atoms with Crippen LogP contribution in [0.2, 0.25) is 0 Å². The van der Waals surface area contributed by atoms with E-state index in [-0.39, 0.29) is 11.8 Å². The smallest absolute Gasteiger partial charge is 0.302 e. The zero-order valence-electron chi connectivity index (χ0n) is 13.0. The molecule has 0 radical (unpaired) electrons. The van der Waals surface area contributed by atoms with Crippen molar-refractivity contribution in [3.05, 3.63) is 51.2 Å². The van der Waals surface area contributed by atoms with Crippen LogP contribution in [-0.2, 0) is 22.6 Å². The molecule has 1 aromatic carbocycles. The summed E-state index contributed by atoms with van der Waals surface area (Å²) in [7, 11) is 0. The van der Waals surface area contributed by atoms with Gasteiger partial charge in [-0.1, -0.05) is 6.07 Å². The van der Waals surface area contributed by atoms with E-state index in [4.69, 9.17) is 9.47 Å². The van der Waals surface area contributed by atoms with Gasteiger partial charge in [0.2, 0.25) is 5.78 Å². The number of esters is 1. The van der Waals surface area contributed by atoms with Crippen molar-refractivity contribution < 1.29 is 19.1 Å². The Morgan fingerprint density at radius 2 is 2.17 bits per heavy atom. The quantitative estimate of drug-likeness (QED) is 0.619. The fourth-order valence-electron chi connectivity index (χ4n) is 2.60. The molecule has 0 bridgehead atoms. The molecule has 2 aromatic rings. The largest absolute Gasteiger partial charge is 0.488 e. The second-order valence-electron chi connectivity index (χ2n) is 5.52. The van der Waals surface area contributed by atoms with E-state index in [1.165, 1.54) is 18.3 Å². The third-order valence-corrected chi connectivity index (χ3v) is 4.75. The first-order chi connectivity index (χ1) is 11.1. The lowest BCUT2D eigenvalue weighted by molar-refractivity contribution is -0.141. The fraction of sp³-hybridized carbons (Fsp3) is 0.333. The second kappa shape index (κ2) is 6.96. The van der Waals surface area contributed by atoms with Crippen molar-refractivity contribution in [3.63, 3.8) is 0 Å². The van der Waals surface area contributed by atoms with Crippen molar-refractivity contribution in [3.8, 4) is 5.75 Å². The molecule has 0 N–H and O–H groups in total. The van der Waals surface area contributed by atoms with E-state index in [9.17, 15) is 9.59 Å². The number of benzene rings is 1. The van der Waals surface area contributed by atoms with Gasteiger partial charge in [0.1, 0.15) is 12.4 Å². The standard InChI is InChI=1S/C18H18O4S/c1-12(19)21-8-3-2-4-13-5-6-15-16(10-13)22-11-14-7-9-23-18(14)17(15)20/h5-7,9-10H,2-4,8,11H2,1H3. The topological polar surface area (TPSA) is 52.6 Å². The summed E-state index contributed by atoms with van der Waals surface area (Å²) in [4.78, 5) is 24.0. The third kappa shape index (κ3) is 3.62. The van der Waals surface area contributed by atoms with Crippen LogP contribution >= 0.6 is 11.3 Å². The normalized spacial score (nSPS) is 12.8. The van der Waals surface area contributed by atoms with Gasteiger partial charge >= 0.3 is 5.97 Å². The fourth-order valence-corrected chi connectivity index (χ4v) is 3.47. The lowest BCUT2D eigenvalue weighted by atomic mass is 10.0. The van der Waals surface area contributed by atoms with Crippen molar-refractivity contribution in [2.75, 3.05) is 6.61 Å². The van der Waals surface area contributed by atoms with Gasteiger partial charge in [0, 0.05) is 12.5 Å². The SMILES string of the molecule is CC(=O)OCCCCc1ccc2c(c1)OCc1ccsc1C2=O. The molecule has 0 saturated carbocycles. The number of carbonyl (C=O) groups is 2. The van der Waals surface area contributed by atoms with E-state index in [1.54, 1.807) is 0 Å². The molecular formula is C18H18O4S. The van der Waals surface area contributed by atoms with Crippen molar-refractivity contribution >= 4 is 23.1 Å². The maximum Gasteiger partial charge on any atom is 0.302 e. The summed E-state index contributed by atoms with van der Waals surface area (Å²) in [5.41, 5.74) is 2.72. The van der Waals surface area contributed by atoms with Crippen LogP contribution in [0.3, 0.4) is 0 Å². The number of rotatable bonds is 5. The van der Waals surface area contributed by atoms with Crippen molar-refractivity contribution in [1.29, 1.82) is 0 Å². The first kappa shape index (κ1) is 15.7. The van der Waals surface area contributed by atoms with Crippen LogP contribution in [0.15, 0.2) is 29.6 Å². The molecular weight excluding hydrogens is 312 g/mol. The van der Waals surface area contributed by atoms with Crippen LogP contribution in [0.4, 0.5) is 0 Å². The number of thiophene rings is 1. The first-order valence-electron chi connectivity index (χ1n) is 7.65. The van der Waals surface area contributed by atoms with Crippen molar-refractivity contribution in [2.24, 2.45) is 0 Å². The minimum Gasteiger partial charge on any atom is -0.488 e. The number of hydrogen-bond donors (Lipinski definition) is 0. The second-order valence-corrected chi connectivity index (χ2v) is 6.44. The zero-order valence-corrected chi connectivity index (χ0v) is 13.8. The molecule has 120 valence electrons. The Labute approximate surface area is 139 Å². The molecule has 3 rings (SSSR count). The summed E-state index contributed by atoms with van der Waals surface area (Å²) in [6.07, 6.45) is 2.62. The number of carbonyl (C=O) groups excluding carboxylic acids is 2. The van der Waals surface area contributed by atoms with Crippen LogP contribution < -0.4 is 4.74 Å². The van der Waals surface area contributed by atoms with E-state index in [2.05, 4.69) is 0 Å². The Bertz CT molecular complexity index is 732. The summed E-state index contributed by atoms with van der Waals surface area (Å²) in [6.45, 7) is 2.31. The van der Waals surface area contributed by atoms with E-state index < -0.39 is 0 Å². The van der Waals surface area contributed by atoms with Gasteiger partial charge < -0.3 is 9.47 Å². The number of ether oxygens (including phenoxy) is 2. The Kier molecular flexibility index (Phi) is 4.76. The maximum absolute atomic E-state index is 12.5. The molecule has 0 unspecified atom stereocenters. The van der Waals surface area contributed by atoms with Crippen LogP contribution in [0, 0.1) is 0 Å². The minimum absolute atomic E-state index is 0.0453. The van der Waals surface area contributed by atoms with E-state index in [0.717, 1.165) is 35.3 Å². The Morgan fingerprint density at radius 3 is 3.00 bits per heavy atom. The molecule has 23 heavy (non-hydrogen) atoms. The van der Waals surface area contributed by atoms with Crippen LogP contribution in [0.5, 0.6) is 5.75 Å². The molecule has 5 heteroatoms. The van der Waals surface area contributed by atoms with Gasteiger partial charge in [0.15, 0.2) is 0 Å². The molecule has 1 aliphatic rings. The number of aryl methyl sites for hydroxylation is 1. The third-order valence-electron chi connectivity index (χ3n) is 3.79. The molecule has 4 nitrogen and oxygen atoms in total. The van der Waals surface area contributed by atoms with Gasteiger partial charge in [0.25, 0.3) is 0 Å². The summed E-state index contributed by atoms with van der Waals surface area (Å²) >= 11 is 1.47. The highest BCUT2D eigenvalue weighted by molar-refractivity contribution is 7.12. The summed E-state index contributed by atoms with van der Waals surface area (Å²) in [5, 5.41) is 1.93. The zero-order chi connectivity index (χ0) is 16.2. The Morgan fingerprint density at radius 1 is 1.30 bits per heavy atom. The van der Waals surface area contributed by atoms with Gasteiger partial charge in [-0.25, -0.2) is 0 Å². The van der Waals surface area contributed by atoms with Crippen LogP contribution in [0.1, 0.15) is 46.1 Å². The Hall–Kier alpha value is -2.14. The van der Waals surface area contributed by atoms with Crippen molar-refractivity contribution in [2.45, 2.75) is 32.8 Å². The Balaban J connectivity index is 1.66. The molecule has 1 aromatic heterocycles. The van der Waals surface area contributed by atoms with Gasteiger partial charge in [-0.05, 0) is 48.4 Å². The highest BCUT2D eigenvalue weighted by Gasteiger charge is 2.23. The maximum atomic E-state index is 12.5. The van der Waals surface area contributed by atoms with Gasteiger partial charge in [-0.2, -0.15) is 0 Å². The van der Waals surface area contributed by atoms with E-state index in [0.29, 0.717) is 24.5 Å². The number of ketones is 1. The monoisotopic (exact) mass is 330 g/mol. The van der Waals surface area contributed by atoms with Gasteiger partial charge in [-0.3, -0.25) is 9.59 Å². The number of unbranched alkanes of at least 4 members (excludes halogenated alkanes) is 1. The lowest BCUT2D eigenvalue weighted by Gasteiger charge is -2.09. The van der Waals surface area contributed by atoms with E-state index in [1.807, 2.05) is 29.6 Å². The lowest BCUT2D eigenvalue weighted by Crippen LogP contribution is -2.02. The molecule has 2 heterocycles. The van der Waals surface area contributed by atoms with Crippen molar-refractivity contribution in [1.82, 2.24) is 0 Å². The average Bonchev–Trinajstić information content (AvgIpc) is 2.95.